The number of ether oxygens (including phenoxy) is 1. The van der Waals surface area contributed by atoms with E-state index in [0.29, 0.717) is 24.9 Å². The molecule has 1 heterocycles. The third-order valence-corrected chi connectivity index (χ3v) is 3.75. The van der Waals surface area contributed by atoms with Crippen LogP contribution in [-0.2, 0) is 18.0 Å². The second kappa shape index (κ2) is 3.70. The van der Waals surface area contributed by atoms with Gasteiger partial charge in [0, 0.05) is 11.5 Å². The van der Waals surface area contributed by atoms with Crippen molar-refractivity contribution in [2.45, 2.75) is 33.0 Å². The molecule has 16 heavy (non-hydrogen) atoms. The van der Waals surface area contributed by atoms with Gasteiger partial charge in [-0.1, -0.05) is 19.1 Å². The van der Waals surface area contributed by atoms with Crippen molar-refractivity contribution in [3.05, 3.63) is 34.9 Å². The third-order valence-electron chi connectivity index (χ3n) is 3.75. The van der Waals surface area contributed by atoms with E-state index in [1.165, 1.54) is 24.0 Å². The van der Waals surface area contributed by atoms with Crippen molar-refractivity contribution in [2.75, 3.05) is 0 Å². The molecule has 1 unspecified atom stereocenters. The first-order chi connectivity index (χ1) is 7.75. The van der Waals surface area contributed by atoms with Crippen LogP contribution in [0.4, 0.5) is 0 Å². The lowest BCUT2D eigenvalue weighted by molar-refractivity contribution is 0.0916. The summed E-state index contributed by atoms with van der Waals surface area (Å²) in [5, 5.41) is 0. The number of hydrogen-bond donors (Lipinski definition) is 0. The van der Waals surface area contributed by atoms with Crippen molar-refractivity contribution in [3.63, 3.8) is 0 Å². The summed E-state index contributed by atoms with van der Waals surface area (Å²) in [6.45, 7) is 3.42. The maximum atomic E-state index is 12.2. The van der Waals surface area contributed by atoms with Crippen molar-refractivity contribution in [1.82, 2.24) is 0 Å². The van der Waals surface area contributed by atoms with Gasteiger partial charge in [0.15, 0.2) is 5.78 Å². The molecule has 1 aliphatic carbocycles. The molecule has 1 aromatic rings. The van der Waals surface area contributed by atoms with Gasteiger partial charge >= 0.3 is 0 Å². The van der Waals surface area contributed by atoms with Crippen molar-refractivity contribution >= 4 is 5.78 Å². The van der Waals surface area contributed by atoms with Crippen LogP contribution in [0.5, 0.6) is 0 Å². The molecular formula is C14H16O2. The summed E-state index contributed by atoms with van der Waals surface area (Å²) >= 11 is 0. The topological polar surface area (TPSA) is 26.3 Å². The Kier molecular flexibility index (Phi) is 2.32. The first-order valence-electron chi connectivity index (χ1n) is 5.99. The Hall–Kier alpha value is -1.15. The highest BCUT2D eigenvalue weighted by atomic mass is 16.5. The molecule has 1 atom stereocenters. The summed E-state index contributed by atoms with van der Waals surface area (Å²) in [6.07, 6.45) is 2.45. The van der Waals surface area contributed by atoms with Gasteiger partial charge in [-0.25, -0.2) is 0 Å². The molecule has 1 aromatic carbocycles. The van der Waals surface area contributed by atoms with Gasteiger partial charge in [-0.15, -0.1) is 0 Å². The van der Waals surface area contributed by atoms with Gasteiger partial charge in [0.25, 0.3) is 0 Å². The number of carbonyl (C=O) groups is 1. The van der Waals surface area contributed by atoms with Crippen LogP contribution < -0.4 is 0 Å². The second-order valence-electron chi connectivity index (χ2n) is 4.97. The standard InChI is InChI=1S/C14H16O2/c1-9(10-2-3-10)14(15)11-4-5-12-7-16-8-13(12)6-11/h4-6,9-10H,2-3,7-8H2,1H3. The number of fused-ring (bicyclic) bond motifs is 1. The highest BCUT2D eigenvalue weighted by molar-refractivity contribution is 5.98. The Morgan fingerprint density at radius 1 is 1.31 bits per heavy atom. The van der Waals surface area contributed by atoms with Crippen molar-refractivity contribution < 1.29 is 9.53 Å². The van der Waals surface area contributed by atoms with E-state index in [9.17, 15) is 4.79 Å². The van der Waals surface area contributed by atoms with Gasteiger partial charge in [-0.2, -0.15) is 0 Å². The minimum atomic E-state index is 0.195. The highest BCUT2D eigenvalue weighted by Gasteiger charge is 2.33. The van der Waals surface area contributed by atoms with Crippen molar-refractivity contribution in [1.29, 1.82) is 0 Å². The predicted octanol–water partition coefficient (Wildman–Crippen LogP) is 2.95. The fraction of sp³-hybridized carbons (Fsp3) is 0.500. The van der Waals surface area contributed by atoms with E-state index >= 15 is 0 Å². The minimum absolute atomic E-state index is 0.195. The van der Waals surface area contributed by atoms with E-state index < -0.39 is 0 Å². The zero-order chi connectivity index (χ0) is 11.1. The fourth-order valence-corrected chi connectivity index (χ4v) is 2.40. The smallest absolute Gasteiger partial charge is 0.165 e. The zero-order valence-corrected chi connectivity index (χ0v) is 9.53. The molecule has 3 rings (SSSR count). The average Bonchev–Trinajstić information content (AvgIpc) is 3.05. The lowest BCUT2D eigenvalue weighted by atomic mass is 9.93. The van der Waals surface area contributed by atoms with E-state index in [-0.39, 0.29) is 5.92 Å². The molecular weight excluding hydrogens is 200 g/mol. The Morgan fingerprint density at radius 3 is 2.81 bits per heavy atom. The molecule has 1 fully saturated rings. The lowest BCUT2D eigenvalue weighted by Crippen LogP contribution is -2.13. The summed E-state index contributed by atoms with van der Waals surface area (Å²) < 4.78 is 5.36. The van der Waals surface area contributed by atoms with Crippen LogP contribution in [0.25, 0.3) is 0 Å². The Morgan fingerprint density at radius 2 is 2.06 bits per heavy atom. The Labute approximate surface area is 95.6 Å². The molecule has 0 radical (unpaired) electrons. The maximum absolute atomic E-state index is 12.2. The normalized spacial score (nSPS) is 20.6. The number of ketones is 1. The van der Waals surface area contributed by atoms with Crippen LogP contribution in [0, 0.1) is 11.8 Å². The van der Waals surface area contributed by atoms with E-state index in [1.807, 2.05) is 18.2 Å². The second-order valence-corrected chi connectivity index (χ2v) is 4.97. The molecule has 0 bridgehead atoms. The summed E-state index contributed by atoms with van der Waals surface area (Å²) in [7, 11) is 0. The maximum Gasteiger partial charge on any atom is 0.165 e. The molecule has 0 aromatic heterocycles. The molecule has 1 saturated carbocycles. The quantitative estimate of drug-likeness (QED) is 0.726. The van der Waals surface area contributed by atoms with Gasteiger partial charge in [0.2, 0.25) is 0 Å². The van der Waals surface area contributed by atoms with Crippen molar-refractivity contribution in [3.8, 4) is 0 Å². The number of benzene rings is 1. The molecule has 0 N–H and O–H groups in total. The third kappa shape index (κ3) is 1.67. The monoisotopic (exact) mass is 216 g/mol. The molecule has 2 heteroatoms. The van der Waals surface area contributed by atoms with E-state index in [2.05, 4.69) is 6.92 Å². The molecule has 0 saturated heterocycles. The SMILES string of the molecule is CC(C(=O)c1ccc2c(c1)COC2)C1CC1. The largest absolute Gasteiger partial charge is 0.372 e. The van der Waals surface area contributed by atoms with Crippen LogP contribution >= 0.6 is 0 Å². The van der Waals surface area contributed by atoms with Crippen LogP contribution in [0.3, 0.4) is 0 Å². The Balaban J connectivity index is 1.85. The minimum Gasteiger partial charge on any atom is -0.372 e. The molecule has 1 aliphatic heterocycles. The number of hydrogen-bond acceptors (Lipinski definition) is 2. The highest BCUT2D eigenvalue weighted by Crippen LogP contribution is 2.38. The number of rotatable bonds is 3. The molecule has 0 spiro atoms. The van der Waals surface area contributed by atoms with Crippen molar-refractivity contribution in [2.24, 2.45) is 11.8 Å². The van der Waals surface area contributed by atoms with E-state index in [1.54, 1.807) is 0 Å². The zero-order valence-electron chi connectivity index (χ0n) is 9.53. The first-order valence-corrected chi connectivity index (χ1v) is 5.99. The summed E-state index contributed by atoms with van der Waals surface area (Å²) in [4.78, 5) is 12.2. The van der Waals surface area contributed by atoms with E-state index in [4.69, 9.17) is 4.74 Å². The van der Waals surface area contributed by atoms with Gasteiger partial charge in [0.05, 0.1) is 13.2 Å². The van der Waals surface area contributed by atoms with Gasteiger partial charge in [0.1, 0.15) is 0 Å². The summed E-state index contributed by atoms with van der Waals surface area (Å²) in [5.41, 5.74) is 3.29. The number of Topliss-reactive ketones (excluding diaryl/α,β-unsaturated/α-hetero) is 1. The molecule has 84 valence electrons. The van der Waals surface area contributed by atoms with Crippen LogP contribution in [0.1, 0.15) is 41.3 Å². The van der Waals surface area contributed by atoms with E-state index in [0.717, 1.165) is 5.56 Å². The lowest BCUT2D eigenvalue weighted by Gasteiger charge is -2.09. The van der Waals surface area contributed by atoms with Crippen LogP contribution in [0.15, 0.2) is 18.2 Å². The molecule has 2 nitrogen and oxygen atoms in total. The average molecular weight is 216 g/mol. The van der Waals surface area contributed by atoms with Crippen LogP contribution in [0.2, 0.25) is 0 Å². The van der Waals surface area contributed by atoms with Gasteiger partial charge in [-0.05, 0) is 36.0 Å². The summed E-state index contributed by atoms with van der Waals surface area (Å²) in [5.74, 6) is 1.13. The first kappa shape index (κ1) is 10.0. The van der Waals surface area contributed by atoms with Gasteiger partial charge in [-0.3, -0.25) is 4.79 Å². The number of carbonyl (C=O) groups excluding carboxylic acids is 1. The fourth-order valence-electron chi connectivity index (χ4n) is 2.40. The molecule has 0 amide bonds. The van der Waals surface area contributed by atoms with Gasteiger partial charge < -0.3 is 4.74 Å². The van der Waals surface area contributed by atoms with Crippen LogP contribution in [-0.4, -0.2) is 5.78 Å². The molecule has 2 aliphatic rings. The Bertz CT molecular complexity index is 432. The summed E-state index contributed by atoms with van der Waals surface area (Å²) in [6, 6.07) is 6.01. The predicted molar refractivity (Wildman–Crippen MR) is 61.2 cm³/mol.